The van der Waals surface area contributed by atoms with Crippen molar-refractivity contribution in [2.75, 3.05) is 19.7 Å². The standard InChI is InChI=1S/C19H26N2O3/c22-18(15-4-3-5-15)21-11-8-19(9-12-21)14-16(7-13-23-19)24-17-6-1-2-10-20-17/h1-2,6,10,15-16H,3-5,7-9,11-14H2. The lowest BCUT2D eigenvalue weighted by molar-refractivity contribution is -0.156. The van der Waals surface area contributed by atoms with Gasteiger partial charge in [0.05, 0.1) is 12.2 Å². The second-order valence-electron chi connectivity index (χ2n) is 7.39. The van der Waals surface area contributed by atoms with Crippen molar-refractivity contribution < 1.29 is 14.3 Å². The first-order valence-corrected chi connectivity index (χ1v) is 9.25. The molecule has 3 aliphatic rings. The highest BCUT2D eigenvalue weighted by molar-refractivity contribution is 5.79. The summed E-state index contributed by atoms with van der Waals surface area (Å²) in [5, 5.41) is 0. The van der Waals surface area contributed by atoms with E-state index in [0.29, 0.717) is 17.7 Å². The number of hydrogen-bond donors (Lipinski definition) is 0. The monoisotopic (exact) mass is 330 g/mol. The van der Waals surface area contributed by atoms with Crippen molar-refractivity contribution in [1.29, 1.82) is 0 Å². The molecule has 1 aliphatic carbocycles. The van der Waals surface area contributed by atoms with E-state index in [1.807, 2.05) is 18.2 Å². The Morgan fingerprint density at radius 3 is 2.75 bits per heavy atom. The number of amides is 1. The van der Waals surface area contributed by atoms with Crippen LogP contribution in [0, 0.1) is 5.92 Å². The first-order valence-electron chi connectivity index (χ1n) is 9.25. The molecule has 2 aliphatic heterocycles. The Hall–Kier alpha value is -1.62. The molecule has 130 valence electrons. The van der Waals surface area contributed by atoms with Gasteiger partial charge in [-0.1, -0.05) is 12.5 Å². The summed E-state index contributed by atoms with van der Waals surface area (Å²) in [6.45, 7) is 2.38. The quantitative estimate of drug-likeness (QED) is 0.855. The molecule has 5 heteroatoms. The number of carbonyl (C=O) groups excluding carboxylic acids is 1. The largest absolute Gasteiger partial charge is 0.474 e. The Balaban J connectivity index is 1.33. The minimum absolute atomic E-state index is 0.117. The summed E-state index contributed by atoms with van der Waals surface area (Å²) in [6, 6.07) is 5.75. The molecule has 3 fully saturated rings. The number of likely N-dealkylation sites (tertiary alicyclic amines) is 1. The molecule has 1 aromatic heterocycles. The van der Waals surface area contributed by atoms with Gasteiger partial charge in [0.2, 0.25) is 11.8 Å². The molecular formula is C19H26N2O3. The summed E-state index contributed by atoms with van der Waals surface area (Å²) >= 11 is 0. The molecule has 0 N–H and O–H groups in total. The van der Waals surface area contributed by atoms with Crippen LogP contribution < -0.4 is 4.74 Å². The van der Waals surface area contributed by atoms with E-state index >= 15 is 0 Å². The van der Waals surface area contributed by atoms with Gasteiger partial charge in [-0.15, -0.1) is 0 Å². The van der Waals surface area contributed by atoms with E-state index in [0.717, 1.165) is 58.2 Å². The Morgan fingerprint density at radius 1 is 1.25 bits per heavy atom. The molecule has 0 radical (unpaired) electrons. The smallest absolute Gasteiger partial charge is 0.225 e. The van der Waals surface area contributed by atoms with Crippen molar-refractivity contribution in [2.45, 2.75) is 56.7 Å². The SMILES string of the molecule is O=C(C1CCC1)N1CCC2(CC1)CC(Oc1ccccn1)CCO2. The molecule has 4 rings (SSSR count). The summed E-state index contributed by atoms with van der Waals surface area (Å²) in [4.78, 5) is 18.7. The minimum atomic E-state index is -0.117. The van der Waals surface area contributed by atoms with Gasteiger partial charge in [-0.25, -0.2) is 4.98 Å². The lowest BCUT2D eigenvalue weighted by atomic mass is 9.81. The van der Waals surface area contributed by atoms with E-state index in [4.69, 9.17) is 9.47 Å². The molecule has 3 heterocycles. The Bertz CT molecular complexity index is 565. The van der Waals surface area contributed by atoms with Crippen LogP contribution in [0.4, 0.5) is 0 Å². The van der Waals surface area contributed by atoms with E-state index < -0.39 is 0 Å². The number of pyridine rings is 1. The normalized spacial score (nSPS) is 26.8. The maximum Gasteiger partial charge on any atom is 0.225 e. The fourth-order valence-electron chi connectivity index (χ4n) is 4.07. The predicted molar refractivity (Wildman–Crippen MR) is 89.7 cm³/mol. The van der Waals surface area contributed by atoms with Crippen LogP contribution in [-0.2, 0) is 9.53 Å². The first-order chi connectivity index (χ1) is 11.7. The second-order valence-corrected chi connectivity index (χ2v) is 7.39. The van der Waals surface area contributed by atoms with E-state index in [-0.39, 0.29) is 11.7 Å². The van der Waals surface area contributed by atoms with Crippen LogP contribution in [0.2, 0.25) is 0 Å². The van der Waals surface area contributed by atoms with Gasteiger partial charge in [-0.3, -0.25) is 4.79 Å². The van der Waals surface area contributed by atoms with E-state index in [2.05, 4.69) is 9.88 Å². The predicted octanol–water partition coefficient (Wildman–Crippen LogP) is 2.80. The maximum absolute atomic E-state index is 12.4. The number of rotatable bonds is 3. The van der Waals surface area contributed by atoms with Crippen molar-refractivity contribution in [1.82, 2.24) is 9.88 Å². The fourth-order valence-corrected chi connectivity index (χ4v) is 4.07. The first kappa shape index (κ1) is 15.9. The van der Waals surface area contributed by atoms with Gasteiger partial charge >= 0.3 is 0 Å². The summed E-state index contributed by atoms with van der Waals surface area (Å²) in [7, 11) is 0. The van der Waals surface area contributed by atoms with Crippen molar-refractivity contribution in [3.05, 3.63) is 24.4 Å². The summed E-state index contributed by atoms with van der Waals surface area (Å²) in [5.74, 6) is 1.36. The third-order valence-corrected chi connectivity index (χ3v) is 5.81. The number of ether oxygens (including phenoxy) is 2. The van der Waals surface area contributed by atoms with E-state index in [9.17, 15) is 4.79 Å². The van der Waals surface area contributed by atoms with Crippen LogP contribution in [0.5, 0.6) is 5.88 Å². The number of hydrogen-bond acceptors (Lipinski definition) is 4. The number of nitrogens with zero attached hydrogens (tertiary/aromatic N) is 2. The summed E-state index contributed by atoms with van der Waals surface area (Å²) in [6.07, 6.45) is 8.94. The zero-order chi connectivity index (χ0) is 16.4. The minimum Gasteiger partial charge on any atom is -0.474 e. The molecule has 0 aromatic carbocycles. The highest BCUT2D eigenvalue weighted by atomic mass is 16.5. The molecule has 1 saturated carbocycles. The molecule has 1 unspecified atom stereocenters. The van der Waals surface area contributed by atoms with Gasteiger partial charge in [0.15, 0.2) is 0 Å². The van der Waals surface area contributed by atoms with Crippen molar-refractivity contribution in [3.63, 3.8) is 0 Å². The van der Waals surface area contributed by atoms with Gasteiger partial charge < -0.3 is 14.4 Å². The van der Waals surface area contributed by atoms with Gasteiger partial charge in [0.1, 0.15) is 6.10 Å². The Labute approximate surface area is 143 Å². The van der Waals surface area contributed by atoms with Gasteiger partial charge in [0, 0.05) is 44.1 Å². The van der Waals surface area contributed by atoms with E-state index in [1.54, 1.807) is 6.20 Å². The molecule has 1 spiro atoms. The highest BCUT2D eigenvalue weighted by Crippen LogP contribution is 2.37. The summed E-state index contributed by atoms with van der Waals surface area (Å²) in [5.41, 5.74) is -0.117. The number of carbonyl (C=O) groups is 1. The molecule has 1 aromatic rings. The molecule has 24 heavy (non-hydrogen) atoms. The maximum atomic E-state index is 12.4. The number of aromatic nitrogens is 1. The van der Waals surface area contributed by atoms with Crippen molar-refractivity contribution >= 4 is 5.91 Å². The molecule has 1 atom stereocenters. The van der Waals surface area contributed by atoms with Gasteiger partial charge in [0.25, 0.3) is 0 Å². The van der Waals surface area contributed by atoms with E-state index in [1.165, 1.54) is 6.42 Å². The molecule has 0 bridgehead atoms. The van der Waals surface area contributed by atoms with Crippen LogP contribution in [0.15, 0.2) is 24.4 Å². The third kappa shape index (κ3) is 3.27. The van der Waals surface area contributed by atoms with Crippen LogP contribution in [0.3, 0.4) is 0 Å². The average Bonchev–Trinajstić information content (AvgIpc) is 2.55. The molecular weight excluding hydrogens is 304 g/mol. The Kier molecular flexibility index (Phi) is 4.44. The average molecular weight is 330 g/mol. The fraction of sp³-hybridized carbons (Fsp3) is 0.684. The van der Waals surface area contributed by atoms with Crippen molar-refractivity contribution in [3.8, 4) is 5.88 Å². The summed E-state index contributed by atoms with van der Waals surface area (Å²) < 4.78 is 12.2. The highest BCUT2D eigenvalue weighted by Gasteiger charge is 2.43. The molecule has 1 amide bonds. The third-order valence-electron chi connectivity index (χ3n) is 5.81. The van der Waals surface area contributed by atoms with Gasteiger partial charge in [-0.05, 0) is 31.7 Å². The van der Waals surface area contributed by atoms with Crippen LogP contribution >= 0.6 is 0 Å². The second kappa shape index (κ2) is 6.71. The zero-order valence-electron chi connectivity index (χ0n) is 14.2. The van der Waals surface area contributed by atoms with Gasteiger partial charge in [-0.2, -0.15) is 0 Å². The Morgan fingerprint density at radius 2 is 2.08 bits per heavy atom. The van der Waals surface area contributed by atoms with Crippen LogP contribution in [0.25, 0.3) is 0 Å². The van der Waals surface area contributed by atoms with Crippen LogP contribution in [-0.4, -0.2) is 47.2 Å². The van der Waals surface area contributed by atoms with Crippen LogP contribution in [0.1, 0.15) is 44.9 Å². The zero-order valence-corrected chi connectivity index (χ0v) is 14.2. The molecule has 5 nitrogen and oxygen atoms in total. The molecule has 2 saturated heterocycles. The topological polar surface area (TPSA) is 51.7 Å². The van der Waals surface area contributed by atoms with Crippen molar-refractivity contribution in [2.24, 2.45) is 5.92 Å². The lowest BCUT2D eigenvalue weighted by Crippen LogP contribution is -2.53. The lowest BCUT2D eigenvalue weighted by Gasteiger charge is -2.46. The number of piperidine rings is 1.